The number of hydrogen-bond donors (Lipinski definition) is 2. The number of esters is 1. The van der Waals surface area contributed by atoms with Crippen LogP contribution in [0.4, 0.5) is 0 Å². The molecule has 0 aromatic heterocycles. The lowest BCUT2D eigenvalue weighted by Gasteiger charge is -2.13. The Morgan fingerprint density at radius 3 is 2.38 bits per heavy atom. The third-order valence-corrected chi connectivity index (χ3v) is 1.86. The summed E-state index contributed by atoms with van der Waals surface area (Å²) < 4.78 is 4.37. The molecule has 1 amide bonds. The van der Waals surface area contributed by atoms with Crippen molar-refractivity contribution in [2.24, 2.45) is 0 Å². The normalized spacial score (nSPS) is 11.4. The quantitative estimate of drug-likeness (QED) is 0.497. The van der Waals surface area contributed by atoms with Gasteiger partial charge >= 0.3 is 11.9 Å². The van der Waals surface area contributed by atoms with E-state index < -0.39 is 23.9 Å². The van der Waals surface area contributed by atoms with Gasteiger partial charge in [-0.1, -0.05) is 6.58 Å². The van der Waals surface area contributed by atoms with Crippen LogP contribution in [0, 0.1) is 0 Å². The van der Waals surface area contributed by atoms with Gasteiger partial charge in [0.05, 0.1) is 7.11 Å². The van der Waals surface area contributed by atoms with E-state index in [4.69, 9.17) is 5.11 Å². The Hall–Kier alpha value is -1.85. The molecular formula is C10H15NO5. The van der Waals surface area contributed by atoms with E-state index in [9.17, 15) is 14.4 Å². The average Bonchev–Trinajstić information content (AvgIpc) is 2.22. The third kappa shape index (κ3) is 5.14. The van der Waals surface area contributed by atoms with E-state index >= 15 is 0 Å². The summed E-state index contributed by atoms with van der Waals surface area (Å²) in [5.74, 6) is -2.26. The summed E-state index contributed by atoms with van der Waals surface area (Å²) in [5.41, 5.74) is 0.212. The minimum Gasteiger partial charge on any atom is -0.480 e. The second kappa shape index (κ2) is 6.60. The van der Waals surface area contributed by atoms with E-state index in [2.05, 4.69) is 16.6 Å². The predicted octanol–water partition coefficient (Wildman–Crippen LogP) is 0.0851. The molecule has 0 aliphatic rings. The van der Waals surface area contributed by atoms with Gasteiger partial charge < -0.3 is 15.2 Å². The maximum Gasteiger partial charge on any atom is 0.326 e. The zero-order chi connectivity index (χ0) is 12.7. The number of carboxylic acids is 1. The van der Waals surface area contributed by atoms with Crippen LogP contribution in [0.2, 0.25) is 0 Å². The lowest BCUT2D eigenvalue weighted by Crippen LogP contribution is -2.41. The van der Waals surface area contributed by atoms with Crippen molar-refractivity contribution in [3.63, 3.8) is 0 Å². The van der Waals surface area contributed by atoms with Crippen molar-refractivity contribution in [1.29, 1.82) is 0 Å². The molecule has 0 rings (SSSR count). The first-order valence-electron chi connectivity index (χ1n) is 4.64. The fraction of sp³-hybridized carbons (Fsp3) is 0.500. The van der Waals surface area contributed by atoms with Crippen LogP contribution < -0.4 is 5.32 Å². The first kappa shape index (κ1) is 14.2. The SMILES string of the molecule is C=C(C)C(=O)N[C@@H](CCC(=O)OC)C(=O)O. The lowest BCUT2D eigenvalue weighted by molar-refractivity contribution is -0.143. The number of amides is 1. The summed E-state index contributed by atoms with van der Waals surface area (Å²) in [6.07, 6.45) is -0.0784. The highest BCUT2D eigenvalue weighted by atomic mass is 16.5. The number of nitrogens with one attached hydrogen (secondary N) is 1. The maximum absolute atomic E-state index is 11.2. The van der Waals surface area contributed by atoms with Gasteiger partial charge in [-0.25, -0.2) is 4.79 Å². The highest BCUT2D eigenvalue weighted by Crippen LogP contribution is 2.01. The minimum atomic E-state index is -1.20. The van der Waals surface area contributed by atoms with E-state index in [0.717, 1.165) is 0 Å². The standard InChI is InChI=1S/C10H15NO5/c1-6(2)9(13)11-7(10(14)15)4-5-8(12)16-3/h7H,1,4-5H2,2-3H3,(H,11,13)(H,14,15)/t7-/m0/s1. The van der Waals surface area contributed by atoms with E-state index in [-0.39, 0.29) is 18.4 Å². The number of carbonyl (C=O) groups is 3. The third-order valence-electron chi connectivity index (χ3n) is 1.86. The molecule has 0 heterocycles. The molecule has 0 saturated carbocycles. The fourth-order valence-corrected chi connectivity index (χ4v) is 0.903. The Balaban J connectivity index is 4.29. The van der Waals surface area contributed by atoms with E-state index in [1.165, 1.54) is 14.0 Å². The molecule has 16 heavy (non-hydrogen) atoms. The summed E-state index contributed by atoms with van der Waals surface area (Å²) >= 11 is 0. The molecule has 1 atom stereocenters. The number of rotatable bonds is 6. The number of hydrogen-bond acceptors (Lipinski definition) is 4. The molecule has 0 aromatic rings. The molecular weight excluding hydrogens is 214 g/mol. The van der Waals surface area contributed by atoms with Crippen molar-refractivity contribution in [2.75, 3.05) is 7.11 Å². The first-order valence-corrected chi connectivity index (χ1v) is 4.64. The Kier molecular flexibility index (Phi) is 5.84. The highest BCUT2D eigenvalue weighted by Gasteiger charge is 2.21. The van der Waals surface area contributed by atoms with Gasteiger partial charge in [0.2, 0.25) is 5.91 Å². The number of ether oxygens (including phenoxy) is 1. The molecule has 0 aliphatic carbocycles. The van der Waals surface area contributed by atoms with Crippen molar-refractivity contribution in [1.82, 2.24) is 5.32 Å². The van der Waals surface area contributed by atoms with E-state index in [0.29, 0.717) is 0 Å². The Morgan fingerprint density at radius 1 is 1.44 bits per heavy atom. The summed E-state index contributed by atoms with van der Waals surface area (Å²) in [7, 11) is 1.21. The summed E-state index contributed by atoms with van der Waals surface area (Å²) in [4.78, 5) is 32.8. The smallest absolute Gasteiger partial charge is 0.326 e. The van der Waals surface area contributed by atoms with Gasteiger partial charge in [0.1, 0.15) is 6.04 Å². The molecule has 0 unspecified atom stereocenters. The largest absolute Gasteiger partial charge is 0.480 e. The van der Waals surface area contributed by atoms with Crippen LogP contribution in [-0.2, 0) is 19.1 Å². The van der Waals surface area contributed by atoms with Crippen LogP contribution in [0.25, 0.3) is 0 Å². The summed E-state index contributed by atoms with van der Waals surface area (Å²) in [5, 5.41) is 11.0. The van der Waals surface area contributed by atoms with Crippen LogP contribution in [-0.4, -0.2) is 36.1 Å². The lowest BCUT2D eigenvalue weighted by atomic mass is 10.1. The van der Waals surface area contributed by atoms with Crippen molar-refractivity contribution in [3.05, 3.63) is 12.2 Å². The molecule has 0 bridgehead atoms. The number of carbonyl (C=O) groups excluding carboxylic acids is 2. The maximum atomic E-state index is 11.2. The molecule has 0 aromatic carbocycles. The Bertz CT molecular complexity index is 310. The highest BCUT2D eigenvalue weighted by molar-refractivity contribution is 5.94. The van der Waals surface area contributed by atoms with Crippen LogP contribution in [0.3, 0.4) is 0 Å². The van der Waals surface area contributed by atoms with E-state index in [1.54, 1.807) is 0 Å². The summed E-state index contributed by atoms with van der Waals surface area (Å²) in [6, 6.07) is -1.11. The topological polar surface area (TPSA) is 92.7 Å². The average molecular weight is 229 g/mol. The van der Waals surface area contributed by atoms with Gasteiger partial charge in [-0.2, -0.15) is 0 Å². The van der Waals surface area contributed by atoms with Gasteiger partial charge in [0.15, 0.2) is 0 Å². The minimum absolute atomic E-state index is 0.0129. The van der Waals surface area contributed by atoms with E-state index in [1.807, 2.05) is 0 Å². The second-order valence-electron chi connectivity index (χ2n) is 3.26. The molecule has 0 saturated heterocycles. The molecule has 90 valence electrons. The zero-order valence-corrected chi connectivity index (χ0v) is 9.28. The van der Waals surface area contributed by atoms with Crippen molar-refractivity contribution >= 4 is 17.8 Å². The van der Waals surface area contributed by atoms with Gasteiger partial charge in [0, 0.05) is 12.0 Å². The first-order chi connectivity index (χ1) is 7.38. The fourth-order valence-electron chi connectivity index (χ4n) is 0.903. The molecule has 0 aliphatic heterocycles. The van der Waals surface area contributed by atoms with Crippen molar-refractivity contribution in [3.8, 4) is 0 Å². The molecule has 2 N–H and O–H groups in total. The van der Waals surface area contributed by atoms with Crippen LogP contribution >= 0.6 is 0 Å². The molecule has 0 spiro atoms. The van der Waals surface area contributed by atoms with Crippen molar-refractivity contribution in [2.45, 2.75) is 25.8 Å². The predicted molar refractivity (Wildman–Crippen MR) is 55.6 cm³/mol. The molecule has 0 fully saturated rings. The number of aliphatic carboxylic acids is 1. The molecule has 6 heteroatoms. The Labute approximate surface area is 93.3 Å². The molecule has 0 radical (unpaired) electrons. The molecule has 6 nitrogen and oxygen atoms in total. The summed E-state index contributed by atoms with van der Waals surface area (Å²) in [6.45, 7) is 4.85. The van der Waals surface area contributed by atoms with Gasteiger partial charge in [-0.3, -0.25) is 9.59 Å². The van der Waals surface area contributed by atoms with Crippen LogP contribution in [0.15, 0.2) is 12.2 Å². The van der Waals surface area contributed by atoms with Crippen LogP contribution in [0.5, 0.6) is 0 Å². The number of methoxy groups -OCH3 is 1. The van der Waals surface area contributed by atoms with Crippen LogP contribution in [0.1, 0.15) is 19.8 Å². The monoisotopic (exact) mass is 229 g/mol. The van der Waals surface area contributed by atoms with Crippen molar-refractivity contribution < 1.29 is 24.2 Å². The van der Waals surface area contributed by atoms with Gasteiger partial charge in [-0.15, -0.1) is 0 Å². The zero-order valence-electron chi connectivity index (χ0n) is 9.28. The van der Waals surface area contributed by atoms with Gasteiger partial charge in [0.25, 0.3) is 0 Å². The second-order valence-corrected chi connectivity index (χ2v) is 3.26. The van der Waals surface area contributed by atoms with Gasteiger partial charge in [-0.05, 0) is 13.3 Å². The number of carboxylic acid groups (broad SMARTS) is 1. The Morgan fingerprint density at radius 2 is 2.00 bits per heavy atom.